The van der Waals surface area contributed by atoms with Crippen molar-refractivity contribution in [1.29, 1.82) is 0 Å². The monoisotopic (exact) mass is 167 g/mol. The predicted octanol–water partition coefficient (Wildman–Crippen LogP) is 3.97. The molecule has 0 aliphatic rings. The third kappa shape index (κ3) is 11.9. The first kappa shape index (κ1) is 13.7. The Bertz CT molecular complexity index is 152. The van der Waals surface area contributed by atoms with Crippen LogP contribution in [0.4, 0.5) is 0 Å². The SMILES string of the molecule is C/C=C\C=C/N=C(C)CC.CC. The first-order chi connectivity index (χ1) is 5.81. The van der Waals surface area contributed by atoms with Crippen molar-refractivity contribution < 1.29 is 0 Å². The highest BCUT2D eigenvalue weighted by Gasteiger charge is 1.77. The summed E-state index contributed by atoms with van der Waals surface area (Å²) in [6.45, 7) is 10.1. The van der Waals surface area contributed by atoms with Crippen LogP contribution in [0.1, 0.15) is 41.0 Å². The maximum Gasteiger partial charge on any atom is 0.0266 e. The highest BCUT2D eigenvalue weighted by Crippen LogP contribution is 1.85. The van der Waals surface area contributed by atoms with Crippen LogP contribution in [0.2, 0.25) is 0 Å². The van der Waals surface area contributed by atoms with E-state index in [1.54, 1.807) is 0 Å². The standard InChI is InChI=1S/C9H15N.C2H6/c1-4-6-7-8-10-9(3)5-2;1-2/h4,6-8H,5H2,1-3H3;1-2H3/b6-4-,8-7-,10-9?;. The van der Waals surface area contributed by atoms with Crippen LogP contribution in [0.3, 0.4) is 0 Å². The minimum absolute atomic E-state index is 1.03. The van der Waals surface area contributed by atoms with E-state index in [9.17, 15) is 0 Å². The Morgan fingerprint density at radius 2 is 1.83 bits per heavy atom. The van der Waals surface area contributed by atoms with Crippen LogP contribution in [0.25, 0.3) is 0 Å². The maximum atomic E-state index is 4.16. The third-order valence-electron chi connectivity index (χ3n) is 1.20. The maximum absolute atomic E-state index is 4.16. The molecule has 0 saturated carbocycles. The van der Waals surface area contributed by atoms with Crippen LogP contribution in [0.5, 0.6) is 0 Å². The van der Waals surface area contributed by atoms with Crippen molar-refractivity contribution in [3.05, 3.63) is 24.4 Å². The molecule has 0 spiro atoms. The van der Waals surface area contributed by atoms with Crippen molar-refractivity contribution in [1.82, 2.24) is 0 Å². The Morgan fingerprint density at radius 1 is 1.25 bits per heavy atom. The summed E-state index contributed by atoms with van der Waals surface area (Å²) in [7, 11) is 0. The summed E-state index contributed by atoms with van der Waals surface area (Å²) in [5.41, 5.74) is 1.17. The topological polar surface area (TPSA) is 12.4 Å². The molecule has 0 aromatic carbocycles. The molecule has 0 amide bonds. The summed E-state index contributed by atoms with van der Waals surface area (Å²) in [5.74, 6) is 0. The van der Waals surface area contributed by atoms with E-state index in [-0.39, 0.29) is 0 Å². The van der Waals surface area contributed by atoms with Crippen molar-refractivity contribution in [3.63, 3.8) is 0 Å². The first-order valence-corrected chi connectivity index (χ1v) is 4.62. The van der Waals surface area contributed by atoms with Gasteiger partial charge in [-0.15, -0.1) is 0 Å². The Hall–Kier alpha value is -0.850. The molecule has 0 N–H and O–H groups in total. The van der Waals surface area contributed by atoms with Crippen molar-refractivity contribution in [2.75, 3.05) is 0 Å². The van der Waals surface area contributed by atoms with Gasteiger partial charge in [-0.1, -0.05) is 32.9 Å². The van der Waals surface area contributed by atoms with Gasteiger partial charge in [-0.25, -0.2) is 0 Å². The summed E-state index contributed by atoms with van der Waals surface area (Å²) in [6.07, 6.45) is 8.72. The summed E-state index contributed by atoms with van der Waals surface area (Å²) in [6, 6.07) is 0. The molecule has 0 radical (unpaired) electrons. The quantitative estimate of drug-likeness (QED) is 0.445. The molecular formula is C11H21N. The van der Waals surface area contributed by atoms with Gasteiger partial charge >= 0.3 is 0 Å². The van der Waals surface area contributed by atoms with Crippen LogP contribution >= 0.6 is 0 Å². The molecule has 70 valence electrons. The summed E-state index contributed by atoms with van der Waals surface area (Å²) >= 11 is 0. The molecule has 0 rings (SSSR count). The molecule has 0 aromatic rings. The van der Waals surface area contributed by atoms with E-state index in [2.05, 4.69) is 11.9 Å². The number of hydrogen-bond acceptors (Lipinski definition) is 1. The van der Waals surface area contributed by atoms with E-state index in [0.29, 0.717) is 0 Å². The average molecular weight is 167 g/mol. The van der Waals surface area contributed by atoms with Gasteiger partial charge in [0.1, 0.15) is 0 Å². The van der Waals surface area contributed by atoms with Crippen molar-refractivity contribution in [2.24, 2.45) is 4.99 Å². The van der Waals surface area contributed by atoms with Gasteiger partial charge in [-0.2, -0.15) is 0 Å². The lowest BCUT2D eigenvalue weighted by molar-refractivity contribution is 1.25. The van der Waals surface area contributed by atoms with Crippen molar-refractivity contribution in [2.45, 2.75) is 41.0 Å². The molecule has 1 nitrogen and oxygen atoms in total. The van der Waals surface area contributed by atoms with Crippen LogP contribution in [-0.4, -0.2) is 5.71 Å². The molecule has 0 atom stereocenters. The number of rotatable bonds is 3. The molecule has 0 heterocycles. The van der Waals surface area contributed by atoms with E-state index >= 15 is 0 Å². The molecular weight excluding hydrogens is 146 g/mol. The lowest BCUT2D eigenvalue weighted by Gasteiger charge is -1.86. The van der Waals surface area contributed by atoms with E-state index < -0.39 is 0 Å². The van der Waals surface area contributed by atoms with Crippen LogP contribution in [0, 0.1) is 0 Å². The second-order valence-electron chi connectivity index (χ2n) is 2.09. The summed E-state index contributed by atoms with van der Waals surface area (Å²) < 4.78 is 0. The van der Waals surface area contributed by atoms with Gasteiger partial charge in [0.05, 0.1) is 0 Å². The zero-order chi connectivity index (χ0) is 9.82. The fourth-order valence-corrected chi connectivity index (χ4v) is 0.422. The second kappa shape index (κ2) is 12.8. The largest absolute Gasteiger partial charge is 0.266 e. The summed E-state index contributed by atoms with van der Waals surface area (Å²) in [4.78, 5) is 4.16. The number of allylic oxidation sites excluding steroid dienone is 3. The molecule has 0 saturated heterocycles. The second-order valence-corrected chi connectivity index (χ2v) is 2.09. The molecule has 0 bridgehead atoms. The van der Waals surface area contributed by atoms with E-state index in [1.165, 1.54) is 5.71 Å². The van der Waals surface area contributed by atoms with Gasteiger partial charge in [0, 0.05) is 11.9 Å². The van der Waals surface area contributed by atoms with E-state index in [1.807, 2.05) is 52.1 Å². The minimum Gasteiger partial charge on any atom is -0.266 e. The summed E-state index contributed by atoms with van der Waals surface area (Å²) in [5, 5.41) is 0. The molecule has 0 aromatic heterocycles. The van der Waals surface area contributed by atoms with Gasteiger partial charge < -0.3 is 0 Å². The highest BCUT2D eigenvalue weighted by molar-refractivity contribution is 5.82. The molecule has 0 unspecified atom stereocenters. The van der Waals surface area contributed by atoms with Gasteiger partial charge in [0.15, 0.2) is 0 Å². The lowest BCUT2D eigenvalue weighted by Crippen LogP contribution is -1.83. The van der Waals surface area contributed by atoms with Crippen LogP contribution in [-0.2, 0) is 0 Å². The average Bonchev–Trinajstić information content (AvgIpc) is 2.15. The normalized spacial score (nSPS) is 11.9. The minimum atomic E-state index is 1.03. The van der Waals surface area contributed by atoms with E-state index in [4.69, 9.17) is 0 Å². The first-order valence-electron chi connectivity index (χ1n) is 4.62. The highest BCUT2D eigenvalue weighted by atomic mass is 14.7. The molecule has 0 fully saturated rings. The molecule has 0 aliphatic heterocycles. The number of aliphatic imine (C=N–C) groups is 1. The zero-order valence-corrected chi connectivity index (χ0v) is 8.96. The van der Waals surface area contributed by atoms with Crippen LogP contribution < -0.4 is 0 Å². The van der Waals surface area contributed by atoms with Gasteiger partial charge in [0.25, 0.3) is 0 Å². The van der Waals surface area contributed by atoms with E-state index in [0.717, 1.165) is 6.42 Å². The smallest absolute Gasteiger partial charge is 0.0266 e. The van der Waals surface area contributed by atoms with Crippen molar-refractivity contribution >= 4 is 5.71 Å². The molecule has 1 heteroatoms. The molecule has 0 aliphatic carbocycles. The number of nitrogens with zero attached hydrogens (tertiary/aromatic N) is 1. The zero-order valence-electron chi connectivity index (χ0n) is 8.96. The third-order valence-corrected chi connectivity index (χ3v) is 1.20. The molecule has 12 heavy (non-hydrogen) atoms. The lowest BCUT2D eigenvalue weighted by atomic mass is 10.3. The predicted molar refractivity (Wildman–Crippen MR) is 58.7 cm³/mol. The van der Waals surface area contributed by atoms with Gasteiger partial charge in [-0.05, 0) is 26.3 Å². The van der Waals surface area contributed by atoms with Crippen LogP contribution in [0.15, 0.2) is 29.4 Å². The Balaban J connectivity index is 0. The van der Waals surface area contributed by atoms with Gasteiger partial charge in [0.2, 0.25) is 0 Å². The van der Waals surface area contributed by atoms with Gasteiger partial charge in [-0.3, -0.25) is 4.99 Å². The Kier molecular flexibility index (Phi) is 14.6. The number of hydrogen-bond donors (Lipinski definition) is 0. The van der Waals surface area contributed by atoms with Crippen molar-refractivity contribution in [3.8, 4) is 0 Å². The Labute approximate surface area is 76.9 Å². The fourth-order valence-electron chi connectivity index (χ4n) is 0.422. The fraction of sp³-hybridized carbons (Fsp3) is 0.545. The Morgan fingerprint density at radius 3 is 2.25 bits per heavy atom.